The van der Waals surface area contributed by atoms with Gasteiger partial charge in [-0.25, -0.2) is 0 Å². The first kappa shape index (κ1) is 11.4. The summed E-state index contributed by atoms with van der Waals surface area (Å²) >= 11 is 0. The molecule has 88 valence electrons. The first-order valence-corrected chi connectivity index (χ1v) is 6.56. The molecular weight excluding hydrogens is 186 g/mol. The van der Waals surface area contributed by atoms with E-state index in [-0.39, 0.29) is 5.54 Å². The lowest BCUT2D eigenvalue weighted by atomic mass is 9.73. The molecular formula is C13H25NO. The maximum atomic E-state index is 9.60. The molecule has 15 heavy (non-hydrogen) atoms. The molecule has 0 aromatic rings. The van der Waals surface area contributed by atoms with Crippen LogP contribution in [-0.2, 0) is 0 Å². The number of hydrogen-bond donors (Lipinski definition) is 1. The Morgan fingerprint density at radius 2 is 1.67 bits per heavy atom. The monoisotopic (exact) mass is 211 g/mol. The quantitative estimate of drug-likeness (QED) is 0.772. The van der Waals surface area contributed by atoms with Crippen LogP contribution in [0.2, 0.25) is 0 Å². The molecule has 1 heterocycles. The summed E-state index contributed by atoms with van der Waals surface area (Å²) in [6.07, 6.45) is 7.87. The van der Waals surface area contributed by atoms with E-state index in [9.17, 15) is 5.11 Å². The number of aliphatic hydroxyl groups excluding tert-OH is 1. The van der Waals surface area contributed by atoms with Gasteiger partial charge in [-0.15, -0.1) is 0 Å². The zero-order chi connectivity index (χ0) is 10.9. The highest BCUT2D eigenvalue weighted by Gasteiger charge is 2.50. The summed E-state index contributed by atoms with van der Waals surface area (Å²) in [6.45, 7) is 7.24. The molecule has 0 aromatic heterocycles. The number of hydrogen-bond acceptors (Lipinski definition) is 2. The van der Waals surface area contributed by atoms with E-state index in [1.54, 1.807) is 0 Å². The maximum Gasteiger partial charge on any atom is 0.0615 e. The van der Waals surface area contributed by atoms with Gasteiger partial charge >= 0.3 is 0 Å². The molecule has 1 saturated carbocycles. The fraction of sp³-hybridized carbons (Fsp3) is 1.00. The number of aliphatic hydroxyl groups is 1. The Balaban J connectivity index is 1.96. The van der Waals surface area contributed by atoms with Gasteiger partial charge in [-0.05, 0) is 31.1 Å². The van der Waals surface area contributed by atoms with Gasteiger partial charge in [-0.1, -0.05) is 26.7 Å². The number of likely N-dealkylation sites (tertiary alicyclic amines) is 1. The average molecular weight is 211 g/mol. The van der Waals surface area contributed by atoms with E-state index in [2.05, 4.69) is 18.7 Å². The molecule has 0 atom stereocenters. The van der Waals surface area contributed by atoms with Crippen molar-refractivity contribution in [3.63, 3.8) is 0 Å². The molecule has 2 rings (SSSR count). The van der Waals surface area contributed by atoms with Crippen molar-refractivity contribution >= 4 is 0 Å². The Morgan fingerprint density at radius 1 is 1.13 bits per heavy atom. The third-order valence-corrected chi connectivity index (χ3v) is 5.00. The van der Waals surface area contributed by atoms with Gasteiger partial charge in [-0.2, -0.15) is 0 Å². The Bertz CT molecular complexity index is 200. The molecule has 0 bridgehead atoms. The van der Waals surface area contributed by atoms with Crippen LogP contribution in [0, 0.1) is 5.41 Å². The van der Waals surface area contributed by atoms with Gasteiger partial charge in [0.05, 0.1) is 6.61 Å². The van der Waals surface area contributed by atoms with Crippen LogP contribution in [0.4, 0.5) is 0 Å². The molecule has 1 aliphatic carbocycles. The lowest BCUT2D eigenvalue weighted by Crippen LogP contribution is -2.65. The van der Waals surface area contributed by atoms with Crippen molar-refractivity contribution in [3.05, 3.63) is 0 Å². The molecule has 0 aromatic carbocycles. The molecule has 0 radical (unpaired) electrons. The molecule has 2 heteroatoms. The summed E-state index contributed by atoms with van der Waals surface area (Å²) < 4.78 is 0. The summed E-state index contributed by atoms with van der Waals surface area (Å²) in [4.78, 5) is 2.54. The highest BCUT2D eigenvalue weighted by Crippen LogP contribution is 2.48. The summed E-state index contributed by atoms with van der Waals surface area (Å²) in [6, 6.07) is 0. The zero-order valence-corrected chi connectivity index (χ0v) is 10.3. The van der Waals surface area contributed by atoms with E-state index in [1.165, 1.54) is 38.8 Å². The van der Waals surface area contributed by atoms with Crippen molar-refractivity contribution in [1.29, 1.82) is 0 Å². The van der Waals surface area contributed by atoms with Gasteiger partial charge in [0.2, 0.25) is 0 Å². The summed E-state index contributed by atoms with van der Waals surface area (Å²) in [5.41, 5.74) is 0.749. The molecule has 2 nitrogen and oxygen atoms in total. The minimum absolute atomic E-state index is 0.0911. The topological polar surface area (TPSA) is 23.5 Å². The van der Waals surface area contributed by atoms with Crippen molar-refractivity contribution in [2.45, 2.75) is 57.9 Å². The van der Waals surface area contributed by atoms with Gasteiger partial charge in [0.1, 0.15) is 0 Å². The third-order valence-electron chi connectivity index (χ3n) is 5.00. The lowest BCUT2D eigenvalue weighted by molar-refractivity contribution is -0.0987. The zero-order valence-electron chi connectivity index (χ0n) is 10.3. The largest absolute Gasteiger partial charge is 0.394 e. The highest BCUT2D eigenvalue weighted by molar-refractivity contribution is 5.04. The Labute approximate surface area is 93.7 Å². The van der Waals surface area contributed by atoms with E-state index in [4.69, 9.17) is 0 Å². The fourth-order valence-corrected chi connectivity index (χ4v) is 3.56. The van der Waals surface area contributed by atoms with Gasteiger partial charge < -0.3 is 5.11 Å². The minimum Gasteiger partial charge on any atom is -0.394 e. The van der Waals surface area contributed by atoms with E-state index in [0.717, 1.165) is 12.8 Å². The van der Waals surface area contributed by atoms with Crippen molar-refractivity contribution in [3.8, 4) is 0 Å². The van der Waals surface area contributed by atoms with Crippen molar-refractivity contribution in [2.75, 3.05) is 19.7 Å². The Morgan fingerprint density at radius 3 is 2.07 bits per heavy atom. The third kappa shape index (κ3) is 1.72. The molecule has 1 saturated heterocycles. The Kier molecular flexibility index (Phi) is 3.09. The Hall–Kier alpha value is -0.0800. The first-order valence-electron chi connectivity index (χ1n) is 6.56. The van der Waals surface area contributed by atoms with Crippen LogP contribution in [0.15, 0.2) is 0 Å². The standard InChI is InChI=1S/C13H25NO/c1-3-13(4-2,11-15)14-9-12(10-14)7-5-6-8-12/h15H,3-11H2,1-2H3. The molecule has 2 aliphatic rings. The SMILES string of the molecule is CCC(CC)(CO)N1CC2(CCCC2)C1. The van der Waals surface area contributed by atoms with Crippen LogP contribution in [0.25, 0.3) is 0 Å². The molecule has 2 fully saturated rings. The fourth-order valence-electron chi connectivity index (χ4n) is 3.56. The van der Waals surface area contributed by atoms with Crippen LogP contribution >= 0.6 is 0 Å². The van der Waals surface area contributed by atoms with Gasteiger partial charge in [0.15, 0.2) is 0 Å². The number of nitrogens with zero attached hydrogens (tertiary/aromatic N) is 1. The molecule has 0 amide bonds. The molecule has 0 unspecified atom stereocenters. The van der Waals surface area contributed by atoms with E-state index in [0.29, 0.717) is 12.0 Å². The number of rotatable bonds is 4. The van der Waals surface area contributed by atoms with Crippen molar-refractivity contribution in [2.24, 2.45) is 5.41 Å². The van der Waals surface area contributed by atoms with Crippen LogP contribution in [0.3, 0.4) is 0 Å². The van der Waals surface area contributed by atoms with Crippen LogP contribution in [0.5, 0.6) is 0 Å². The molecule has 1 N–H and O–H groups in total. The maximum absolute atomic E-state index is 9.60. The second-order valence-electron chi connectivity index (χ2n) is 5.65. The first-order chi connectivity index (χ1) is 7.20. The van der Waals surface area contributed by atoms with Crippen LogP contribution in [-0.4, -0.2) is 35.2 Å². The van der Waals surface area contributed by atoms with Gasteiger partial charge in [0.25, 0.3) is 0 Å². The molecule has 1 aliphatic heterocycles. The summed E-state index contributed by atoms with van der Waals surface area (Å²) in [5, 5.41) is 9.60. The van der Waals surface area contributed by atoms with E-state index >= 15 is 0 Å². The predicted molar refractivity (Wildman–Crippen MR) is 62.9 cm³/mol. The lowest BCUT2D eigenvalue weighted by Gasteiger charge is -2.57. The predicted octanol–water partition coefficient (Wildman–Crippen LogP) is 2.41. The average Bonchev–Trinajstić information content (AvgIpc) is 2.69. The summed E-state index contributed by atoms with van der Waals surface area (Å²) in [7, 11) is 0. The molecule has 1 spiro atoms. The van der Waals surface area contributed by atoms with E-state index in [1.807, 2.05) is 0 Å². The van der Waals surface area contributed by atoms with Crippen LogP contribution < -0.4 is 0 Å². The van der Waals surface area contributed by atoms with Crippen molar-refractivity contribution in [1.82, 2.24) is 4.90 Å². The smallest absolute Gasteiger partial charge is 0.0615 e. The second-order valence-corrected chi connectivity index (χ2v) is 5.65. The second kappa shape index (κ2) is 4.06. The highest BCUT2D eigenvalue weighted by atomic mass is 16.3. The van der Waals surface area contributed by atoms with Gasteiger partial charge in [0, 0.05) is 18.6 Å². The summed E-state index contributed by atoms with van der Waals surface area (Å²) in [5.74, 6) is 0. The van der Waals surface area contributed by atoms with E-state index < -0.39 is 0 Å². The normalized spacial score (nSPS) is 25.8. The van der Waals surface area contributed by atoms with Gasteiger partial charge in [-0.3, -0.25) is 4.90 Å². The minimum atomic E-state index is 0.0911. The van der Waals surface area contributed by atoms with Crippen molar-refractivity contribution < 1.29 is 5.11 Å². The van der Waals surface area contributed by atoms with Crippen LogP contribution in [0.1, 0.15) is 52.4 Å².